The Morgan fingerprint density at radius 2 is 1.94 bits per heavy atom. The van der Waals surface area contributed by atoms with Gasteiger partial charge in [-0.25, -0.2) is 4.39 Å². The predicted molar refractivity (Wildman–Crippen MR) is 64.9 cm³/mol. The fraction of sp³-hybridized carbons (Fsp3) is 0.0769. The summed E-state index contributed by atoms with van der Waals surface area (Å²) in [4.78, 5) is 0. The first-order valence-electron chi connectivity index (χ1n) is 5.43. The van der Waals surface area contributed by atoms with Crippen molar-refractivity contribution in [3.8, 4) is 17.1 Å². The Balaban J connectivity index is 2.26. The van der Waals surface area contributed by atoms with Crippen molar-refractivity contribution in [2.45, 2.75) is 0 Å². The van der Waals surface area contributed by atoms with Gasteiger partial charge in [0.05, 0.1) is 18.9 Å². The molecule has 2 aromatic heterocycles. The molecule has 0 aliphatic carbocycles. The highest BCUT2D eigenvalue weighted by atomic mass is 19.1. The van der Waals surface area contributed by atoms with E-state index in [1.165, 1.54) is 6.07 Å². The van der Waals surface area contributed by atoms with Crippen LogP contribution < -0.4 is 4.74 Å². The Morgan fingerprint density at radius 3 is 2.72 bits per heavy atom. The zero-order chi connectivity index (χ0) is 12.5. The molecule has 18 heavy (non-hydrogen) atoms. The van der Waals surface area contributed by atoms with Gasteiger partial charge in [-0.3, -0.25) is 4.40 Å². The van der Waals surface area contributed by atoms with Crippen molar-refractivity contribution < 1.29 is 9.13 Å². The lowest BCUT2D eigenvalue weighted by Gasteiger charge is -2.03. The predicted octanol–water partition coefficient (Wildman–Crippen LogP) is 2.54. The van der Waals surface area contributed by atoms with Crippen LogP contribution in [0.25, 0.3) is 17.0 Å². The Kier molecular flexibility index (Phi) is 2.44. The Morgan fingerprint density at radius 1 is 1.11 bits per heavy atom. The van der Waals surface area contributed by atoms with Gasteiger partial charge >= 0.3 is 0 Å². The number of fused-ring (bicyclic) bond motifs is 1. The average molecular weight is 243 g/mol. The Hall–Kier alpha value is -2.43. The molecular weight excluding hydrogens is 233 g/mol. The second-order valence-corrected chi connectivity index (χ2v) is 3.80. The fourth-order valence-corrected chi connectivity index (χ4v) is 1.82. The van der Waals surface area contributed by atoms with Crippen molar-refractivity contribution in [2.24, 2.45) is 0 Å². The SMILES string of the molecule is COc1ccc2nnc(-c3ccccc3F)n2c1. The molecule has 1 aromatic carbocycles. The molecule has 4 nitrogen and oxygen atoms in total. The lowest BCUT2D eigenvalue weighted by molar-refractivity contribution is 0.412. The van der Waals surface area contributed by atoms with Gasteiger partial charge in [0.1, 0.15) is 11.6 Å². The van der Waals surface area contributed by atoms with Gasteiger partial charge in [-0.1, -0.05) is 12.1 Å². The number of hydrogen-bond donors (Lipinski definition) is 0. The number of methoxy groups -OCH3 is 1. The summed E-state index contributed by atoms with van der Waals surface area (Å²) < 4.78 is 20.6. The Labute approximate surface area is 103 Å². The van der Waals surface area contributed by atoms with Gasteiger partial charge in [0.25, 0.3) is 0 Å². The highest BCUT2D eigenvalue weighted by Gasteiger charge is 2.12. The van der Waals surface area contributed by atoms with Crippen LogP contribution in [0.2, 0.25) is 0 Å². The lowest BCUT2D eigenvalue weighted by Crippen LogP contribution is -1.93. The molecule has 0 bridgehead atoms. The first-order chi connectivity index (χ1) is 8.79. The fourth-order valence-electron chi connectivity index (χ4n) is 1.82. The largest absolute Gasteiger partial charge is 0.495 e. The van der Waals surface area contributed by atoms with E-state index in [9.17, 15) is 4.39 Å². The van der Waals surface area contributed by atoms with E-state index in [4.69, 9.17) is 4.74 Å². The maximum atomic E-state index is 13.8. The second-order valence-electron chi connectivity index (χ2n) is 3.80. The molecule has 3 aromatic rings. The van der Waals surface area contributed by atoms with E-state index >= 15 is 0 Å². The van der Waals surface area contributed by atoms with E-state index < -0.39 is 0 Å². The number of hydrogen-bond acceptors (Lipinski definition) is 3. The molecule has 0 amide bonds. The molecule has 0 aliphatic rings. The van der Waals surface area contributed by atoms with Crippen LogP contribution >= 0.6 is 0 Å². The molecule has 3 rings (SSSR count). The molecule has 0 saturated carbocycles. The van der Waals surface area contributed by atoms with Crippen molar-refractivity contribution in [3.05, 3.63) is 48.4 Å². The van der Waals surface area contributed by atoms with Crippen molar-refractivity contribution >= 4 is 5.65 Å². The number of ether oxygens (including phenoxy) is 1. The topological polar surface area (TPSA) is 39.4 Å². The maximum Gasteiger partial charge on any atom is 0.171 e. The highest BCUT2D eigenvalue weighted by Crippen LogP contribution is 2.23. The molecule has 0 spiro atoms. The molecule has 5 heteroatoms. The molecule has 0 atom stereocenters. The van der Waals surface area contributed by atoms with E-state index in [1.807, 2.05) is 0 Å². The number of pyridine rings is 1. The molecule has 0 fully saturated rings. The number of halogens is 1. The smallest absolute Gasteiger partial charge is 0.171 e. The van der Waals surface area contributed by atoms with Gasteiger partial charge < -0.3 is 4.74 Å². The normalized spacial score (nSPS) is 10.8. The van der Waals surface area contributed by atoms with Crippen LogP contribution in [0.4, 0.5) is 4.39 Å². The van der Waals surface area contributed by atoms with Crippen LogP contribution in [-0.2, 0) is 0 Å². The first-order valence-corrected chi connectivity index (χ1v) is 5.43. The van der Waals surface area contributed by atoms with Gasteiger partial charge in [0, 0.05) is 0 Å². The Bertz CT molecular complexity index is 708. The summed E-state index contributed by atoms with van der Waals surface area (Å²) in [5, 5.41) is 8.02. The quantitative estimate of drug-likeness (QED) is 0.694. The highest BCUT2D eigenvalue weighted by molar-refractivity contribution is 5.60. The molecule has 0 radical (unpaired) electrons. The summed E-state index contributed by atoms with van der Waals surface area (Å²) in [6.07, 6.45) is 1.73. The van der Waals surface area contributed by atoms with Crippen LogP contribution in [-0.4, -0.2) is 21.7 Å². The molecule has 0 saturated heterocycles. The van der Waals surface area contributed by atoms with Crippen molar-refractivity contribution in [1.82, 2.24) is 14.6 Å². The molecule has 90 valence electrons. The van der Waals surface area contributed by atoms with Gasteiger partial charge in [0.15, 0.2) is 11.5 Å². The monoisotopic (exact) mass is 243 g/mol. The number of nitrogens with zero attached hydrogens (tertiary/aromatic N) is 3. The second kappa shape index (κ2) is 4.10. The summed E-state index contributed by atoms with van der Waals surface area (Å²) in [6, 6.07) is 10.0. The minimum absolute atomic E-state index is 0.324. The van der Waals surface area contributed by atoms with E-state index in [1.54, 1.807) is 48.0 Å². The molecular formula is C13H10FN3O. The van der Waals surface area contributed by atoms with Crippen LogP contribution in [0.15, 0.2) is 42.6 Å². The summed E-state index contributed by atoms with van der Waals surface area (Å²) in [6.45, 7) is 0. The van der Waals surface area contributed by atoms with E-state index in [0.29, 0.717) is 22.8 Å². The summed E-state index contributed by atoms with van der Waals surface area (Å²) in [5.74, 6) is 0.802. The molecule has 2 heterocycles. The van der Waals surface area contributed by atoms with Crippen molar-refractivity contribution in [2.75, 3.05) is 7.11 Å². The molecule has 0 aliphatic heterocycles. The van der Waals surface area contributed by atoms with Gasteiger partial charge in [-0.05, 0) is 24.3 Å². The zero-order valence-electron chi connectivity index (χ0n) is 9.67. The first kappa shape index (κ1) is 10.7. The average Bonchev–Trinajstić information content (AvgIpc) is 2.82. The number of rotatable bonds is 2. The van der Waals surface area contributed by atoms with Crippen LogP contribution in [0.3, 0.4) is 0 Å². The van der Waals surface area contributed by atoms with E-state index in [0.717, 1.165) is 0 Å². The number of aromatic nitrogens is 3. The summed E-state index contributed by atoms with van der Waals surface area (Å²) in [7, 11) is 1.58. The maximum absolute atomic E-state index is 13.8. The van der Waals surface area contributed by atoms with Crippen LogP contribution in [0.1, 0.15) is 0 Å². The molecule has 0 N–H and O–H groups in total. The summed E-state index contributed by atoms with van der Waals surface area (Å²) >= 11 is 0. The lowest BCUT2D eigenvalue weighted by atomic mass is 10.2. The van der Waals surface area contributed by atoms with Gasteiger partial charge in [-0.15, -0.1) is 10.2 Å². The van der Waals surface area contributed by atoms with Crippen LogP contribution in [0, 0.1) is 5.82 Å². The van der Waals surface area contributed by atoms with E-state index in [2.05, 4.69) is 10.2 Å². The van der Waals surface area contributed by atoms with Crippen LogP contribution in [0.5, 0.6) is 5.75 Å². The van der Waals surface area contributed by atoms with Crippen molar-refractivity contribution in [3.63, 3.8) is 0 Å². The minimum atomic E-state index is -0.324. The third-order valence-corrected chi connectivity index (χ3v) is 2.73. The number of benzene rings is 1. The third-order valence-electron chi connectivity index (χ3n) is 2.73. The zero-order valence-corrected chi connectivity index (χ0v) is 9.67. The summed E-state index contributed by atoms with van der Waals surface area (Å²) in [5.41, 5.74) is 1.06. The third kappa shape index (κ3) is 1.60. The minimum Gasteiger partial charge on any atom is -0.495 e. The van der Waals surface area contributed by atoms with Gasteiger partial charge in [-0.2, -0.15) is 0 Å². The van der Waals surface area contributed by atoms with Gasteiger partial charge in [0.2, 0.25) is 0 Å². The standard InChI is InChI=1S/C13H10FN3O/c1-18-9-6-7-12-15-16-13(17(12)8-9)10-4-2-3-5-11(10)14/h2-8H,1H3. The molecule has 0 unspecified atom stereocenters. The van der Waals surface area contributed by atoms with Crippen molar-refractivity contribution in [1.29, 1.82) is 0 Å². The van der Waals surface area contributed by atoms with E-state index in [-0.39, 0.29) is 5.82 Å².